The van der Waals surface area contributed by atoms with Crippen LogP contribution in [0.25, 0.3) is 0 Å². The van der Waals surface area contributed by atoms with Gasteiger partial charge in [-0.1, -0.05) is 84.6 Å². The first kappa shape index (κ1) is 53.2. The van der Waals surface area contributed by atoms with E-state index in [9.17, 15) is 49.8 Å². The fourth-order valence-corrected chi connectivity index (χ4v) is 9.25. The topological polar surface area (TPSA) is 275 Å². The lowest BCUT2D eigenvalue weighted by Gasteiger charge is -2.45. The van der Waals surface area contributed by atoms with Gasteiger partial charge in [0.1, 0.15) is 36.3 Å². The van der Waals surface area contributed by atoms with Crippen molar-refractivity contribution < 1.29 is 68.8 Å². The van der Waals surface area contributed by atoms with Crippen LogP contribution in [-0.4, -0.2) is 166 Å². The molecule has 1 amide bonds. The van der Waals surface area contributed by atoms with E-state index in [1.54, 1.807) is 27.7 Å². The number of amides is 1. The van der Waals surface area contributed by atoms with E-state index in [-0.39, 0.29) is 31.0 Å². The average molecular weight is 899 g/mol. The van der Waals surface area contributed by atoms with E-state index in [1.807, 2.05) is 0 Å². The molecule has 1 saturated carbocycles. The summed E-state index contributed by atoms with van der Waals surface area (Å²) in [6.45, 7) is 12.2. The fourth-order valence-electron chi connectivity index (χ4n) is 9.25. The maximum absolute atomic E-state index is 14.0. The molecule has 5 saturated heterocycles. The van der Waals surface area contributed by atoms with Crippen molar-refractivity contribution in [2.45, 2.75) is 191 Å². The minimum atomic E-state index is -1.74. The van der Waals surface area contributed by atoms with Gasteiger partial charge in [0.2, 0.25) is 11.7 Å². The quantitative estimate of drug-likeness (QED) is 0.0715. The van der Waals surface area contributed by atoms with Crippen molar-refractivity contribution in [3.05, 3.63) is 12.2 Å². The molecule has 6 fully saturated rings. The third-order valence-corrected chi connectivity index (χ3v) is 14.0. The summed E-state index contributed by atoms with van der Waals surface area (Å²) < 4.78 is 24.5. The fraction of sp³-hybridized carbons (Fsp3) is 0.867. The average Bonchev–Trinajstić information content (AvgIpc) is 3.81. The molecule has 6 rings (SSSR count). The third-order valence-electron chi connectivity index (χ3n) is 14.0. The van der Waals surface area contributed by atoms with Gasteiger partial charge in [-0.25, -0.2) is 0 Å². The lowest BCUT2D eigenvalue weighted by Crippen LogP contribution is -2.62. The van der Waals surface area contributed by atoms with Crippen molar-refractivity contribution in [1.29, 1.82) is 0 Å². The molecule has 1 aliphatic carbocycles. The van der Waals surface area contributed by atoms with Crippen molar-refractivity contribution in [2.75, 3.05) is 39.9 Å². The Morgan fingerprint density at radius 1 is 0.825 bits per heavy atom. The molecule has 5 aliphatic heterocycles. The zero-order chi connectivity index (χ0) is 46.7. The number of Topliss-reactive ketones (excluding diaryl/α,β-unsaturated/α-hetero) is 2. The predicted molar refractivity (Wildman–Crippen MR) is 231 cm³/mol. The molecular weight excluding hydrogens is 821 g/mol. The van der Waals surface area contributed by atoms with Crippen LogP contribution in [0.5, 0.6) is 0 Å². The van der Waals surface area contributed by atoms with E-state index < -0.39 is 120 Å². The molecule has 0 aromatic heterocycles. The van der Waals surface area contributed by atoms with Gasteiger partial charge in [0, 0.05) is 48.7 Å². The Labute approximate surface area is 372 Å². The molecule has 0 radical (unpaired) electrons. The normalized spacial score (nSPS) is 33.7. The zero-order valence-electron chi connectivity index (χ0n) is 38.3. The highest BCUT2D eigenvalue weighted by molar-refractivity contribution is 6.04. The lowest BCUT2D eigenvalue weighted by atomic mass is 9.68. The number of aliphatic hydroxyl groups is 5. The molecule has 362 valence electrons. The molecule has 6 aliphatic rings. The first-order chi connectivity index (χ1) is 29.7. The molecule has 18 nitrogen and oxygen atoms in total. The Balaban J connectivity index is 1.41. The van der Waals surface area contributed by atoms with Crippen LogP contribution in [-0.2, 0) is 38.1 Å². The van der Waals surface area contributed by atoms with Crippen LogP contribution in [0.3, 0.4) is 0 Å². The van der Waals surface area contributed by atoms with Crippen LogP contribution < -0.4 is 21.3 Å². The van der Waals surface area contributed by atoms with Crippen LogP contribution in [0.15, 0.2) is 12.2 Å². The highest BCUT2D eigenvalue weighted by atomic mass is 16.8. The summed E-state index contributed by atoms with van der Waals surface area (Å²) in [5, 5.41) is 76.9. The van der Waals surface area contributed by atoms with Crippen LogP contribution in [0.4, 0.5) is 0 Å². The Hall–Kier alpha value is -2.46. The highest BCUT2D eigenvalue weighted by Gasteiger charge is 2.76. The van der Waals surface area contributed by atoms with Crippen LogP contribution >= 0.6 is 0 Å². The van der Waals surface area contributed by atoms with Crippen LogP contribution in [0.1, 0.15) is 118 Å². The zero-order valence-corrected chi connectivity index (χ0v) is 38.3. The summed E-state index contributed by atoms with van der Waals surface area (Å²) in [5.74, 6) is -5.51. The summed E-state index contributed by atoms with van der Waals surface area (Å²) >= 11 is 0. The molecule has 0 aromatic carbocycles. The molecule has 10 N–H and O–H groups in total. The van der Waals surface area contributed by atoms with E-state index in [4.69, 9.17) is 18.9 Å². The molecule has 63 heavy (non-hydrogen) atoms. The largest absolute Gasteiger partial charge is 0.481 e. The molecule has 18 heteroatoms. The Kier molecular flexibility index (Phi) is 20.1. The summed E-state index contributed by atoms with van der Waals surface area (Å²) in [6, 6.07) is -2.13. The Bertz CT molecular complexity index is 1530. The molecule has 10 unspecified atom stereocenters. The number of aliphatic hydroxyl groups excluding tert-OH is 5. The number of hydrogen-bond donors (Lipinski definition) is 10. The minimum absolute atomic E-state index is 0.0385. The molecule has 0 aromatic rings. The number of aliphatic carboxylic acids is 1. The number of ether oxygens (including phenoxy) is 4. The van der Waals surface area contributed by atoms with E-state index in [0.717, 1.165) is 64.2 Å². The van der Waals surface area contributed by atoms with E-state index in [0.29, 0.717) is 13.0 Å². The van der Waals surface area contributed by atoms with Gasteiger partial charge in [-0.2, -0.15) is 0 Å². The number of rotatable bonds is 17. The highest BCUT2D eigenvalue weighted by Crippen LogP contribution is 2.58. The number of carbonyl (C=O) groups is 4. The number of hydrogen-bond acceptors (Lipinski definition) is 16. The number of carboxylic acid groups (broad SMARTS) is 1. The molecule has 4 bridgehead atoms. The smallest absolute Gasteiger partial charge is 0.305 e. The van der Waals surface area contributed by atoms with Crippen molar-refractivity contribution in [3.8, 4) is 0 Å². The monoisotopic (exact) mass is 899 g/mol. The number of fused-ring (bicyclic) bond motifs is 1. The maximum Gasteiger partial charge on any atom is 0.305 e. The van der Waals surface area contributed by atoms with Gasteiger partial charge in [0.05, 0.1) is 43.2 Å². The van der Waals surface area contributed by atoms with Gasteiger partial charge in [-0.05, 0) is 40.7 Å². The second-order valence-corrected chi connectivity index (χ2v) is 19.1. The Morgan fingerprint density at radius 3 is 2.00 bits per heavy atom. The summed E-state index contributed by atoms with van der Waals surface area (Å²) in [4.78, 5) is 51.0. The van der Waals surface area contributed by atoms with Gasteiger partial charge < -0.3 is 70.9 Å². The van der Waals surface area contributed by atoms with Gasteiger partial charge in [-0.3, -0.25) is 19.2 Å². The second-order valence-electron chi connectivity index (χ2n) is 19.1. The Morgan fingerprint density at radius 2 is 1.43 bits per heavy atom. The summed E-state index contributed by atoms with van der Waals surface area (Å²) in [7, 11) is 1.53. The van der Waals surface area contributed by atoms with E-state index in [2.05, 4.69) is 27.8 Å². The van der Waals surface area contributed by atoms with E-state index in [1.165, 1.54) is 20.4 Å². The van der Waals surface area contributed by atoms with Gasteiger partial charge in [-0.15, -0.1) is 0 Å². The predicted octanol–water partition coefficient (Wildman–Crippen LogP) is 0.831. The van der Waals surface area contributed by atoms with Gasteiger partial charge in [0.15, 0.2) is 12.1 Å². The summed E-state index contributed by atoms with van der Waals surface area (Å²) in [5.41, 5.74) is -2.33. The number of carboxylic acids is 1. The SMILES string of the molecule is C=C(C(=O)NCCNCC1OC23O[C@@H]4C(CO)O[C@H](OCCCCCCCCCCCCC[C@H]1C(O)C2C3O)C(O)C4O)C(NC)C(=O)C(C)(C)C(C)(C)NC(CC(=O)O)C(C)=O. The number of carbonyl (C=O) groups excluding carboxylic acids is 3. The molecule has 5 heterocycles. The van der Waals surface area contributed by atoms with E-state index >= 15 is 0 Å². The maximum atomic E-state index is 14.0. The van der Waals surface area contributed by atoms with Crippen molar-refractivity contribution in [2.24, 2.45) is 17.3 Å². The second kappa shape index (κ2) is 23.8. The van der Waals surface area contributed by atoms with Crippen molar-refractivity contribution in [1.82, 2.24) is 21.3 Å². The first-order valence-electron chi connectivity index (χ1n) is 23.1. The van der Waals surface area contributed by atoms with Gasteiger partial charge in [0.25, 0.3) is 0 Å². The van der Waals surface area contributed by atoms with Gasteiger partial charge >= 0.3 is 5.97 Å². The standard InChI is InChI=1S/C45H78N4O14/c1-26(34(46-7)40(58)43(3,4)44(5,6)49-29(27(2)51)23-32(52)53)41(59)48-21-20-47-24-30-28-19-17-15-13-11-9-8-10-12-14-16-18-22-60-42-37(56)36(55)38(31(25-50)61-42)63-45(62-30)33(35(28)54)39(45)57/h28-31,33-39,42,46-47,49-50,54-57H,1,8-25H2,2-7H3,(H,48,59)(H,52,53)/t28-,29?,30?,31?,33?,34?,35?,36?,37?,38-,39?,42+,45?/m1/s1. The third kappa shape index (κ3) is 13.1. The lowest BCUT2D eigenvalue weighted by molar-refractivity contribution is -0.350. The molecule has 1 spiro atoms. The van der Waals surface area contributed by atoms with Crippen molar-refractivity contribution >= 4 is 23.4 Å². The van der Waals surface area contributed by atoms with Crippen molar-refractivity contribution in [3.63, 3.8) is 0 Å². The first-order valence-corrected chi connectivity index (χ1v) is 23.1. The van der Waals surface area contributed by atoms with Crippen LogP contribution in [0, 0.1) is 17.3 Å². The number of nitrogens with one attached hydrogen (secondary N) is 4. The molecule has 13 atom stereocenters. The summed E-state index contributed by atoms with van der Waals surface area (Å²) in [6.07, 6.45) is 1.90. The molecular formula is C45H78N4O14. The number of likely N-dealkylation sites (N-methyl/N-ethyl adjacent to an activating group) is 1. The van der Waals surface area contributed by atoms with Crippen LogP contribution in [0.2, 0.25) is 0 Å². The minimum Gasteiger partial charge on any atom is -0.481 e. The number of ketones is 2.